The van der Waals surface area contributed by atoms with Crippen molar-refractivity contribution in [2.75, 3.05) is 38.1 Å². The first-order valence-corrected chi connectivity index (χ1v) is 9.23. The second kappa shape index (κ2) is 9.22. The Kier molecular flexibility index (Phi) is 6.47. The lowest BCUT2D eigenvalue weighted by atomic mass is 10.1. The molecule has 0 radical (unpaired) electrons. The zero-order chi connectivity index (χ0) is 18.2. The molecular weight excluding hydrogens is 327 g/mol. The van der Waals surface area contributed by atoms with Gasteiger partial charge in [-0.1, -0.05) is 30.3 Å². The molecule has 1 saturated heterocycles. The molecule has 3 rings (SSSR count). The molecule has 2 aromatic rings. The van der Waals surface area contributed by atoms with Crippen LogP contribution < -0.4 is 15.5 Å². The van der Waals surface area contributed by atoms with Gasteiger partial charge in [-0.15, -0.1) is 0 Å². The third-order valence-corrected chi connectivity index (χ3v) is 4.78. The van der Waals surface area contributed by atoms with E-state index in [0.717, 1.165) is 44.1 Å². The number of rotatable bonds is 6. The van der Waals surface area contributed by atoms with Gasteiger partial charge in [0.1, 0.15) is 5.82 Å². The largest absolute Gasteiger partial charge is 0.371 e. The van der Waals surface area contributed by atoms with Crippen molar-refractivity contribution in [2.24, 2.45) is 10.9 Å². The van der Waals surface area contributed by atoms with Gasteiger partial charge in [0.05, 0.1) is 0 Å². The summed E-state index contributed by atoms with van der Waals surface area (Å²) in [6.45, 7) is 3.80. The highest BCUT2D eigenvalue weighted by Crippen LogP contribution is 2.22. The Bertz CT molecular complexity index is 717. The number of aliphatic imine (C=N–C) groups is 1. The lowest BCUT2D eigenvalue weighted by Crippen LogP contribution is -2.41. The third kappa shape index (κ3) is 5.22. The first-order chi connectivity index (χ1) is 12.7. The predicted molar refractivity (Wildman–Crippen MR) is 106 cm³/mol. The average Bonchev–Trinajstić information content (AvgIpc) is 3.14. The van der Waals surface area contributed by atoms with Crippen LogP contribution in [0.2, 0.25) is 0 Å². The van der Waals surface area contributed by atoms with Crippen molar-refractivity contribution in [2.45, 2.75) is 12.8 Å². The Hall–Kier alpha value is -2.56. The molecule has 0 amide bonds. The Morgan fingerprint density at radius 3 is 2.77 bits per heavy atom. The lowest BCUT2D eigenvalue weighted by Gasteiger charge is -2.19. The number of hydrogen-bond donors (Lipinski definition) is 2. The van der Waals surface area contributed by atoms with Gasteiger partial charge in [0.2, 0.25) is 0 Å². The smallest absolute Gasteiger partial charge is 0.190 e. The first kappa shape index (κ1) is 18.2. The molecule has 5 heteroatoms. The van der Waals surface area contributed by atoms with Gasteiger partial charge < -0.3 is 15.5 Å². The fraction of sp³-hybridized carbons (Fsp3) is 0.381. The van der Waals surface area contributed by atoms with Gasteiger partial charge in [0, 0.05) is 38.9 Å². The molecule has 2 N–H and O–H groups in total. The van der Waals surface area contributed by atoms with Gasteiger partial charge in [0.25, 0.3) is 0 Å². The van der Waals surface area contributed by atoms with Crippen molar-refractivity contribution in [3.63, 3.8) is 0 Å². The normalized spacial score (nSPS) is 17.4. The molecule has 0 spiro atoms. The van der Waals surface area contributed by atoms with Gasteiger partial charge in [-0.2, -0.15) is 0 Å². The minimum atomic E-state index is -0.186. The van der Waals surface area contributed by atoms with Crippen molar-refractivity contribution in [1.29, 1.82) is 0 Å². The molecule has 1 unspecified atom stereocenters. The van der Waals surface area contributed by atoms with Crippen LogP contribution in [0.4, 0.5) is 10.1 Å². The van der Waals surface area contributed by atoms with Gasteiger partial charge in [0.15, 0.2) is 5.96 Å². The lowest BCUT2D eigenvalue weighted by molar-refractivity contribution is 0.565. The molecule has 1 aliphatic heterocycles. The Morgan fingerprint density at radius 2 is 2.00 bits per heavy atom. The minimum Gasteiger partial charge on any atom is -0.371 e. The van der Waals surface area contributed by atoms with E-state index in [4.69, 9.17) is 0 Å². The van der Waals surface area contributed by atoms with E-state index in [1.807, 2.05) is 6.07 Å². The van der Waals surface area contributed by atoms with E-state index in [0.29, 0.717) is 5.92 Å². The summed E-state index contributed by atoms with van der Waals surface area (Å²) < 4.78 is 13.2. The van der Waals surface area contributed by atoms with Crippen LogP contribution in [0.1, 0.15) is 12.0 Å². The SMILES string of the molecule is CN=C(NCCc1cccc(F)c1)NCC1CCN(c2ccccc2)C1. The molecular formula is C21H27FN4. The molecule has 26 heavy (non-hydrogen) atoms. The number of anilines is 1. The topological polar surface area (TPSA) is 39.7 Å². The summed E-state index contributed by atoms with van der Waals surface area (Å²) in [6.07, 6.45) is 1.95. The number of benzene rings is 2. The highest BCUT2D eigenvalue weighted by Gasteiger charge is 2.22. The maximum atomic E-state index is 13.2. The molecule has 0 aliphatic carbocycles. The number of hydrogen-bond acceptors (Lipinski definition) is 2. The maximum Gasteiger partial charge on any atom is 0.190 e. The average molecular weight is 354 g/mol. The van der Waals surface area contributed by atoms with Gasteiger partial charge in [-0.05, 0) is 48.6 Å². The molecule has 138 valence electrons. The van der Waals surface area contributed by atoms with Crippen molar-refractivity contribution in [3.05, 3.63) is 66.0 Å². The van der Waals surface area contributed by atoms with E-state index >= 15 is 0 Å². The van der Waals surface area contributed by atoms with Crippen LogP contribution >= 0.6 is 0 Å². The molecule has 1 fully saturated rings. The molecule has 4 nitrogen and oxygen atoms in total. The first-order valence-electron chi connectivity index (χ1n) is 9.23. The molecule has 0 saturated carbocycles. The number of nitrogens with one attached hydrogen (secondary N) is 2. The molecule has 1 atom stereocenters. The van der Waals surface area contributed by atoms with Crippen molar-refractivity contribution in [3.8, 4) is 0 Å². The highest BCUT2D eigenvalue weighted by atomic mass is 19.1. The van der Waals surface area contributed by atoms with E-state index in [1.54, 1.807) is 19.2 Å². The molecule has 1 aliphatic rings. The predicted octanol–water partition coefficient (Wildman–Crippen LogP) is 3.06. The Labute approximate surface area is 155 Å². The summed E-state index contributed by atoms with van der Waals surface area (Å²) in [5.41, 5.74) is 2.29. The van der Waals surface area contributed by atoms with Crippen molar-refractivity contribution in [1.82, 2.24) is 10.6 Å². The minimum absolute atomic E-state index is 0.186. The zero-order valence-corrected chi connectivity index (χ0v) is 15.3. The zero-order valence-electron chi connectivity index (χ0n) is 15.3. The van der Waals surface area contributed by atoms with Crippen LogP contribution in [0.3, 0.4) is 0 Å². The third-order valence-electron chi connectivity index (χ3n) is 4.78. The summed E-state index contributed by atoms with van der Waals surface area (Å²) in [7, 11) is 1.78. The van der Waals surface area contributed by atoms with E-state index in [1.165, 1.54) is 18.2 Å². The maximum absolute atomic E-state index is 13.2. The van der Waals surface area contributed by atoms with Crippen LogP contribution in [0.15, 0.2) is 59.6 Å². The fourth-order valence-electron chi connectivity index (χ4n) is 3.35. The number of halogens is 1. The Balaban J connectivity index is 1.39. The summed E-state index contributed by atoms with van der Waals surface area (Å²) in [5, 5.41) is 6.73. The van der Waals surface area contributed by atoms with Crippen LogP contribution in [0.25, 0.3) is 0 Å². The van der Waals surface area contributed by atoms with E-state index in [2.05, 4.69) is 50.9 Å². The van der Waals surface area contributed by atoms with E-state index < -0.39 is 0 Å². The molecule has 2 aromatic carbocycles. The number of nitrogens with zero attached hydrogens (tertiary/aromatic N) is 2. The summed E-state index contributed by atoms with van der Waals surface area (Å²) >= 11 is 0. The van der Waals surface area contributed by atoms with E-state index in [9.17, 15) is 4.39 Å². The quantitative estimate of drug-likeness (QED) is 0.619. The van der Waals surface area contributed by atoms with Crippen molar-refractivity contribution < 1.29 is 4.39 Å². The highest BCUT2D eigenvalue weighted by molar-refractivity contribution is 5.79. The van der Waals surface area contributed by atoms with E-state index in [-0.39, 0.29) is 5.82 Å². The van der Waals surface area contributed by atoms with Gasteiger partial charge in [-0.3, -0.25) is 4.99 Å². The van der Waals surface area contributed by atoms with Crippen LogP contribution in [-0.2, 0) is 6.42 Å². The van der Waals surface area contributed by atoms with Crippen LogP contribution in [0.5, 0.6) is 0 Å². The monoisotopic (exact) mass is 354 g/mol. The molecule has 0 bridgehead atoms. The van der Waals surface area contributed by atoms with Gasteiger partial charge >= 0.3 is 0 Å². The second-order valence-corrected chi connectivity index (χ2v) is 6.70. The second-order valence-electron chi connectivity index (χ2n) is 6.70. The summed E-state index contributed by atoms with van der Waals surface area (Å²) in [4.78, 5) is 6.72. The van der Waals surface area contributed by atoms with Gasteiger partial charge in [-0.25, -0.2) is 4.39 Å². The summed E-state index contributed by atoms with van der Waals surface area (Å²) in [5.74, 6) is 1.23. The fourth-order valence-corrected chi connectivity index (χ4v) is 3.35. The molecule has 0 aromatic heterocycles. The van der Waals surface area contributed by atoms with Crippen LogP contribution in [0, 0.1) is 11.7 Å². The number of para-hydroxylation sites is 1. The Morgan fingerprint density at radius 1 is 1.15 bits per heavy atom. The van der Waals surface area contributed by atoms with Crippen LogP contribution in [-0.4, -0.2) is 39.2 Å². The van der Waals surface area contributed by atoms with Crippen molar-refractivity contribution >= 4 is 11.6 Å². The molecule has 1 heterocycles. The standard InChI is InChI=1S/C21H27FN4/c1-23-21(24-12-10-17-6-5-7-19(22)14-17)25-15-18-11-13-26(16-18)20-8-3-2-4-9-20/h2-9,14,18H,10-13,15-16H2,1H3,(H2,23,24,25). The summed E-state index contributed by atoms with van der Waals surface area (Å²) in [6, 6.07) is 17.3. The number of guanidine groups is 1.